The lowest BCUT2D eigenvalue weighted by Gasteiger charge is -2.22. The van der Waals surface area contributed by atoms with E-state index >= 15 is 0 Å². The van der Waals surface area contributed by atoms with E-state index in [1.807, 2.05) is 30.3 Å². The molecule has 1 fully saturated rings. The monoisotopic (exact) mass is 322 g/mol. The third-order valence-corrected chi connectivity index (χ3v) is 4.16. The Labute approximate surface area is 139 Å². The lowest BCUT2D eigenvalue weighted by molar-refractivity contribution is -0.113. The molecule has 1 atom stereocenters. The summed E-state index contributed by atoms with van der Waals surface area (Å²) in [6, 6.07) is 14.3. The molecule has 1 spiro atoms. The number of benzene rings is 2. The number of ketones is 1. The van der Waals surface area contributed by atoms with Crippen LogP contribution in [0.3, 0.4) is 0 Å². The van der Waals surface area contributed by atoms with Gasteiger partial charge in [-0.2, -0.15) is 0 Å². The molecular formula is C20H15FO3. The van der Waals surface area contributed by atoms with Gasteiger partial charge in [0.25, 0.3) is 0 Å². The number of hydrogen-bond acceptors (Lipinski definition) is 3. The molecule has 4 rings (SSSR count). The summed E-state index contributed by atoms with van der Waals surface area (Å²) in [5.41, 5.74) is 2.68. The van der Waals surface area contributed by atoms with Gasteiger partial charge >= 0.3 is 0 Å². The fraction of sp³-hybridized carbons (Fsp3) is 0.150. The number of allylic oxidation sites excluding steroid dienone is 2. The van der Waals surface area contributed by atoms with Crippen molar-refractivity contribution in [1.82, 2.24) is 0 Å². The van der Waals surface area contributed by atoms with Crippen LogP contribution < -0.4 is 0 Å². The molecule has 2 aromatic rings. The summed E-state index contributed by atoms with van der Waals surface area (Å²) in [6.07, 6.45) is 5.91. The summed E-state index contributed by atoms with van der Waals surface area (Å²) in [6.45, 7) is 0.384. The predicted octanol–water partition coefficient (Wildman–Crippen LogP) is 3.97. The molecule has 1 aliphatic heterocycles. The van der Waals surface area contributed by atoms with Crippen LogP contribution in [0.1, 0.15) is 11.7 Å². The van der Waals surface area contributed by atoms with E-state index in [0.29, 0.717) is 6.61 Å². The molecule has 24 heavy (non-hydrogen) atoms. The Morgan fingerprint density at radius 2 is 1.71 bits per heavy atom. The van der Waals surface area contributed by atoms with E-state index in [-0.39, 0.29) is 17.7 Å². The average Bonchev–Trinajstić information content (AvgIpc) is 3.02. The molecule has 0 aromatic heterocycles. The van der Waals surface area contributed by atoms with Gasteiger partial charge in [0, 0.05) is 0 Å². The van der Waals surface area contributed by atoms with Gasteiger partial charge in [-0.15, -0.1) is 0 Å². The van der Waals surface area contributed by atoms with Crippen molar-refractivity contribution in [2.45, 2.75) is 11.9 Å². The average molecular weight is 322 g/mol. The summed E-state index contributed by atoms with van der Waals surface area (Å²) in [5, 5.41) is 0. The molecule has 1 heterocycles. The standard InChI is InChI=1S/C20H15FO3/c21-17-6-2-4-15(12-17)14-3-1-5-16(11-14)19-13-23-20(24-19)9-7-18(22)8-10-20/h1-12,19H,13H2. The first kappa shape index (κ1) is 15.0. The van der Waals surface area contributed by atoms with Crippen LogP contribution in [0.2, 0.25) is 0 Å². The van der Waals surface area contributed by atoms with Crippen LogP contribution in [-0.2, 0) is 14.3 Å². The van der Waals surface area contributed by atoms with Gasteiger partial charge in [0.05, 0.1) is 6.61 Å². The second kappa shape index (κ2) is 5.82. The summed E-state index contributed by atoms with van der Waals surface area (Å²) < 4.78 is 25.2. The summed E-state index contributed by atoms with van der Waals surface area (Å²) in [7, 11) is 0. The van der Waals surface area contributed by atoms with E-state index in [9.17, 15) is 9.18 Å². The highest BCUT2D eigenvalue weighted by atomic mass is 19.1. The maximum Gasteiger partial charge on any atom is 0.209 e. The molecule has 3 nitrogen and oxygen atoms in total. The van der Waals surface area contributed by atoms with Crippen LogP contribution in [0.15, 0.2) is 72.8 Å². The number of ether oxygens (including phenoxy) is 2. The van der Waals surface area contributed by atoms with Gasteiger partial charge in [-0.25, -0.2) is 4.39 Å². The number of rotatable bonds is 2. The predicted molar refractivity (Wildman–Crippen MR) is 87.6 cm³/mol. The molecular weight excluding hydrogens is 307 g/mol. The van der Waals surface area contributed by atoms with Crippen molar-refractivity contribution >= 4 is 5.78 Å². The number of hydrogen-bond donors (Lipinski definition) is 0. The lowest BCUT2D eigenvalue weighted by atomic mass is 10.0. The molecule has 1 unspecified atom stereocenters. The van der Waals surface area contributed by atoms with Crippen LogP contribution in [0, 0.1) is 5.82 Å². The van der Waals surface area contributed by atoms with Crippen molar-refractivity contribution in [3.05, 3.63) is 84.2 Å². The first-order valence-corrected chi connectivity index (χ1v) is 7.74. The molecule has 2 aromatic carbocycles. The van der Waals surface area contributed by atoms with Crippen LogP contribution in [0.5, 0.6) is 0 Å². The lowest BCUT2D eigenvalue weighted by Crippen LogP contribution is -2.27. The summed E-state index contributed by atoms with van der Waals surface area (Å²) in [4.78, 5) is 11.3. The minimum absolute atomic E-state index is 0.0793. The topological polar surface area (TPSA) is 35.5 Å². The first-order chi connectivity index (χ1) is 11.6. The Kier molecular flexibility index (Phi) is 3.63. The zero-order chi connectivity index (χ0) is 16.6. The van der Waals surface area contributed by atoms with Gasteiger partial charge in [0.2, 0.25) is 5.79 Å². The van der Waals surface area contributed by atoms with E-state index in [0.717, 1.165) is 16.7 Å². The Morgan fingerprint density at radius 1 is 1.00 bits per heavy atom. The molecule has 120 valence electrons. The van der Waals surface area contributed by atoms with Crippen LogP contribution in [-0.4, -0.2) is 18.2 Å². The molecule has 0 N–H and O–H groups in total. The third-order valence-electron chi connectivity index (χ3n) is 4.16. The van der Waals surface area contributed by atoms with Gasteiger partial charge in [0.1, 0.15) is 11.9 Å². The van der Waals surface area contributed by atoms with E-state index in [4.69, 9.17) is 9.47 Å². The highest BCUT2D eigenvalue weighted by Gasteiger charge is 2.39. The Bertz CT molecular complexity index is 837. The van der Waals surface area contributed by atoms with Crippen molar-refractivity contribution in [2.75, 3.05) is 6.61 Å². The quantitative estimate of drug-likeness (QED) is 0.839. The molecule has 1 aliphatic carbocycles. The fourth-order valence-electron chi connectivity index (χ4n) is 2.93. The van der Waals surface area contributed by atoms with E-state index < -0.39 is 5.79 Å². The second-order valence-corrected chi connectivity index (χ2v) is 5.84. The van der Waals surface area contributed by atoms with Crippen molar-refractivity contribution in [3.63, 3.8) is 0 Å². The Balaban J connectivity index is 1.60. The summed E-state index contributed by atoms with van der Waals surface area (Å²) >= 11 is 0. The third kappa shape index (κ3) is 2.82. The first-order valence-electron chi connectivity index (χ1n) is 7.74. The van der Waals surface area contributed by atoms with Crippen LogP contribution in [0.4, 0.5) is 4.39 Å². The Hall–Kier alpha value is -2.56. The largest absolute Gasteiger partial charge is 0.340 e. The minimum Gasteiger partial charge on any atom is -0.340 e. The molecule has 0 saturated carbocycles. The van der Waals surface area contributed by atoms with Crippen molar-refractivity contribution in [3.8, 4) is 11.1 Å². The van der Waals surface area contributed by atoms with Crippen molar-refractivity contribution in [1.29, 1.82) is 0 Å². The maximum absolute atomic E-state index is 13.4. The van der Waals surface area contributed by atoms with E-state index in [1.165, 1.54) is 24.3 Å². The SMILES string of the molecule is O=C1C=CC2(C=C1)OCC(c1cccc(-c3cccc(F)c3)c1)O2. The van der Waals surface area contributed by atoms with Gasteiger partial charge in [-0.3, -0.25) is 4.79 Å². The zero-order valence-corrected chi connectivity index (χ0v) is 12.8. The van der Waals surface area contributed by atoms with Crippen molar-refractivity contribution in [2.24, 2.45) is 0 Å². The maximum atomic E-state index is 13.4. The highest BCUT2D eigenvalue weighted by molar-refractivity contribution is 6.00. The Morgan fingerprint density at radius 3 is 2.46 bits per heavy atom. The van der Waals surface area contributed by atoms with Gasteiger partial charge in [-0.05, 0) is 59.2 Å². The number of carbonyl (C=O) groups is 1. The molecule has 0 amide bonds. The number of halogens is 1. The van der Waals surface area contributed by atoms with Crippen molar-refractivity contribution < 1.29 is 18.7 Å². The van der Waals surface area contributed by atoms with Gasteiger partial charge in [0.15, 0.2) is 5.78 Å². The molecule has 0 radical (unpaired) electrons. The fourth-order valence-corrected chi connectivity index (χ4v) is 2.93. The van der Waals surface area contributed by atoms with Gasteiger partial charge < -0.3 is 9.47 Å². The molecule has 0 bridgehead atoms. The minimum atomic E-state index is -0.965. The van der Waals surface area contributed by atoms with Gasteiger partial charge in [-0.1, -0.05) is 30.3 Å². The van der Waals surface area contributed by atoms with E-state index in [1.54, 1.807) is 18.2 Å². The normalized spacial score (nSPS) is 21.5. The smallest absolute Gasteiger partial charge is 0.209 e. The highest BCUT2D eigenvalue weighted by Crippen LogP contribution is 2.37. The van der Waals surface area contributed by atoms with Crippen LogP contribution in [0.25, 0.3) is 11.1 Å². The summed E-state index contributed by atoms with van der Waals surface area (Å²) in [5.74, 6) is -1.31. The zero-order valence-electron chi connectivity index (χ0n) is 12.8. The molecule has 4 heteroatoms. The molecule has 1 saturated heterocycles. The van der Waals surface area contributed by atoms with E-state index in [2.05, 4.69) is 0 Å². The second-order valence-electron chi connectivity index (χ2n) is 5.84. The van der Waals surface area contributed by atoms with Crippen LogP contribution >= 0.6 is 0 Å². The number of carbonyl (C=O) groups excluding carboxylic acids is 1. The molecule has 2 aliphatic rings.